The minimum Gasteiger partial charge on any atom is -0.488 e. The topological polar surface area (TPSA) is 203 Å². The number of aromatic amines is 1. The Balaban J connectivity index is 1.23. The first-order valence-electron chi connectivity index (χ1n) is 27.5. The number of nitrogens with one attached hydrogen (secondary N) is 1. The van der Waals surface area contributed by atoms with Crippen molar-refractivity contribution >= 4 is 42.7 Å². The predicted molar refractivity (Wildman–Crippen MR) is 287 cm³/mol. The Morgan fingerprint density at radius 1 is 0.932 bits per heavy atom. The number of piperidine rings is 1. The Labute approximate surface area is 441 Å². The van der Waals surface area contributed by atoms with Crippen molar-refractivity contribution in [1.29, 1.82) is 0 Å². The molecule has 0 spiro atoms. The molecule has 1 saturated carbocycles. The van der Waals surface area contributed by atoms with Crippen molar-refractivity contribution in [3.8, 4) is 5.75 Å². The Morgan fingerprint density at radius 2 is 1.64 bits per heavy atom. The van der Waals surface area contributed by atoms with Crippen LogP contribution in [0.3, 0.4) is 0 Å². The highest BCUT2D eigenvalue weighted by Gasteiger charge is 2.57. The van der Waals surface area contributed by atoms with Gasteiger partial charge in [-0.3, -0.25) is 14.4 Å². The minimum atomic E-state index is -2.53. The quantitative estimate of drug-likeness (QED) is 0.0720. The van der Waals surface area contributed by atoms with Crippen molar-refractivity contribution in [3.63, 3.8) is 0 Å². The number of carbonyl (C=O) groups is 4. The molecule has 14 unspecified atom stereocenters. The molecule has 4 N–H and O–H groups in total. The summed E-state index contributed by atoms with van der Waals surface area (Å²) in [5.74, 6) is -7.16. The van der Waals surface area contributed by atoms with Gasteiger partial charge in [0.25, 0.3) is 11.7 Å². The maximum absolute atomic E-state index is 14.6. The lowest BCUT2D eigenvalue weighted by Crippen LogP contribution is -2.64. The molecule has 0 radical (unpaired) electrons. The van der Waals surface area contributed by atoms with Gasteiger partial charge in [0, 0.05) is 74.6 Å². The number of ketones is 2. The molecule has 1 amide bonds. The Hall–Kier alpha value is -3.74. The van der Waals surface area contributed by atoms with Crippen LogP contribution >= 0.6 is 0 Å². The van der Waals surface area contributed by atoms with Gasteiger partial charge >= 0.3 is 5.97 Å². The third kappa shape index (κ3) is 14.0. The number of fused-ring (bicyclic) bond motifs is 4. The van der Waals surface area contributed by atoms with Crippen molar-refractivity contribution in [1.82, 2.24) is 9.88 Å². The smallest absolute Gasteiger partial charge is 0.329 e. The number of ether oxygens (including phenoxy) is 5. The largest absolute Gasteiger partial charge is 0.488 e. The summed E-state index contributed by atoms with van der Waals surface area (Å²) in [6, 6.07) is 6.87. The van der Waals surface area contributed by atoms with Crippen LogP contribution in [0, 0.1) is 29.6 Å². The fourth-order valence-electron chi connectivity index (χ4n) is 11.5. The summed E-state index contributed by atoms with van der Waals surface area (Å²) < 4.78 is 37.3. The molecule has 15 nitrogen and oxygen atoms in total. The number of Topliss-reactive ketones (excluding diaryl/α,β-unsaturated/α-hetero) is 2. The molecule has 74 heavy (non-hydrogen) atoms. The molecule has 1 aliphatic carbocycles. The molecule has 3 fully saturated rings. The summed E-state index contributed by atoms with van der Waals surface area (Å²) in [5.41, 5.74) is 3.70. The van der Waals surface area contributed by atoms with E-state index in [1.165, 1.54) is 19.1 Å². The third-order valence-corrected chi connectivity index (χ3v) is 21.7. The van der Waals surface area contributed by atoms with Gasteiger partial charge in [-0.2, -0.15) is 0 Å². The molecule has 2 aromatic rings. The number of aliphatic hydroxyl groups excluding tert-OH is 2. The maximum Gasteiger partial charge on any atom is 0.329 e. The molecule has 2 bridgehead atoms. The lowest BCUT2D eigenvalue weighted by Gasteiger charge is -2.47. The highest BCUT2D eigenvalue weighted by molar-refractivity contribution is 6.74. The number of aromatic nitrogens is 1. The number of nitrogens with zero attached hydrogens (tertiary/aromatic N) is 1. The first kappa shape index (κ1) is 59.5. The van der Waals surface area contributed by atoms with Crippen molar-refractivity contribution in [3.05, 3.63) is 53.3 Å². The Bertz CT molecular complexity index is 2320. The molecule has 6 rings (SSSR count). The molecule has 4 aliphatic rings. The second-order valence-corrected chi connectivity index (χ2v) is 28.7. The zero-order valence-corrected chi connectivity index (χ0v) is 47.7. The summed E-state index contributed by atoms with van der Waals surface area (Å²) in [7, 11) is 1.21. The second-order valence-electron chi connectivity index (χ2n) is 23.9. The van der Waals surface area contributed by atoms with Gasteiger partial charge in [0.1, 0.15) is 35.9 Å². The summed E-state index contributed by atoms with van der Waals surface area (Å²) in [4.78, 5) is 62.2. The third-order valence-electron chi connectivity index (χ3n) is 17.2. The standard InChI is InChI=1S/C58H90N2O13Si/c1-14-40-26-34(2)25-35(3)27-50(68-10)53-51(69-11)29-37(5)58(67,73-53)54(64)55(65)60-23-16-15-17-45(60)56(66)72-52(38(6)46(61)33-47(40)62)36(4)28-39-18-21-49(48(63)30-39)71-43-19-20-44-41(32-43)31-42(59-44)22-24-70-74(12,13)57(7,8)9/h19-20,26,28,31-32,35,37-40,45-46,48-53,59,61,63,67H,14-18,21-25,27,29-30,33H2,1-13H3/b34-26+,36-28?. The molecule has 4 heterocycles. The van der Waals surface area contributed by atoms with E-state index >= 15 is 0 Å². The number of cyclic esters (lactones) is 1. The number of amides is 1. The summed E-state index contributed by atoms with van der Waals surface area (Å²) in [6.45, 7) is 23.1. The van der Waals surface area contributed by atoms with Crippen molar-refractivity contribution < 1.29 is 62.6 Å². The molecule has 1 aromatic heterocycles. The molecule has 14 atom stereocenters. The first-order valence-corrected chi connectivity index (χ1v) is 30.4. The van der Waals surface area contributed by atoms with Crippen LogP contribution in [0.5, 0.6) is 5.75 Å². The number of methoxy groups -OCH3 is 2. The van der Waals surface area contributed by atoms with E-state index in [2.05, 4.69) is 51.8 Å². The molecule has 414 valence electrons. The number of allylic oxidation sites excluding steroid dienone is 3. The number of hydrogen-bond donors (Lipinski definition) is 4. The van der Waals surface area contributed by atoms with E-state index in [9.17, 15) is 34.5 Å². The highest BCUT2D eigenvalue weighted by atomic mass is 28.4. The van der Waals surface area contributed by atoms with Gasteiger partial charge in [-0.15, -0.1) is 0 Å². The second kappa shape index (κ2) is 25.2. The van der Waals surface area contributed by atoms with Crippen LogP contribution in [0.2, 0.25) is 18.1 Å². The van der Waals surface area contributed by atoms with Crippen LogP contribution in [0.1, 0.15) is 139 Å². The summed E-state index contributed by atoms with van der Waals surface area (Å²) in [6.07, 6.45) is 3.67. The van der Waals surface area contributed by atoms with Gasteiger partial charge in [0.15, 0.2) is 8.32 Å². The number of carbonyl (C=O) groups excluding carboxylic acids is 4. The Kier molecular flexibility index (Phi) is 20.2. The van der Waals surface area contributed by atoms with Crippen molar-refractivity contribution in [2.75, 3.05) is 27.4 Å². The number of esters is 1. The molecule has 2 saturated heterocycles. The molecular formula is C58H90N2O13Si. The fraction of sp³-hybridized carbons (Fsp3) is 0.724. The number of benzene rings is 1. The van der Waals surface area contributed by atoms with Crippen LogP contribution in [0.15, 0.2) is 47.6 Å². The summed E-state index contributed by atoms with van der Waals surface area (Å²) in [5, 5.41) is 36.8. The lowest BCUT2D eigenvalue weighted by atomic mass is 9.81. The highest BCUT2D eigenvalue weighted by Crippen LogP contribution is 2.40. The van der Waals surface area contributed by atoms with Crippen LogP contribution in [-0.2, 0) is 49.0 Å². The fourth-order valence-corrected chi connectivity index (χ4v) is 12.5. The minimum absolute atomic E-state index is 0.0171. The molecule has 3 aliphatic heterocycles. The normalized spacial score (nSPS) is 34.9. The van der Waals surface area contributed by atoms with Crippen LogP contribution in [0.4, 0.5) is 0 Å². The molecule has 16 heteroatoms. The van der Waals surface area contributed by atoms with Gasteiger partial charge in [-0.1, -0.05) is 66.2 Å². The van der Waals surface area contributed by atoms with Crippen molar-refractivity contribution in [2.24, 2.45) is 29.6 Å². The number of hydrogen-bond acceptors (Lipinski definition) is 13. The van der Waals surface area contributed by atoms with E-state index in [1.807, 2.05) is 51.1 Å². The van der Waals surface area contributed by atoms with Gasteiger partial charge in [0.05, 0.1) is 24.4 Å². The van der Waals surface area contributed by atoms with Gasteiger partial charge in [0.2, 0.25) is 5.79 Å². The lowest BCUT2D eigenvalue weighted by molar-refractivity contribution is -0.302. The van der Waals surface area contributed by atoms with E-state index in [0.29, 0.717) is 69.3 Å². The summed E-state index contributed by atoms with van der Waals surface area (Å²) >= 11 is 0. The van der Waals surface area contributed by atoms with Crippen molar-refractivity contribution in [2.45, 2.75) is 212 Å². The van der Waals surface area contributed by atoms with Gasteiger partial charge in [-0.25, -0.2) is 4.79 Å². The van der Waals surface area contributed by atoms with E-state index in [4.69, 9.17) is 28.1 Å². The maximum atomic E-state index is 14.6. The average Bonchev–Trinajstić information content (AvgIpc) is 3.76. The van der Waals surface area contributed by atoms with Gasteiger partial charge in [-0.05, 0) is 138 Å². The number of rotatable bonds is 11. The van der Waals surface area contributed by atoms with Crippen LogP contribution < -0.4 is 4.74 Å². The van der Waals surface area contributed by atoms with E-state index in [-0.39, 0.29) is 48.5 Å². The van der Waals surface area contributed by atoms with E-state index < -0.39 is 98.3 Å². The van der Waals surface area contributed by atoms with E-state index in [1.54, 1.807) is 13.8 Å². The number of H-pyrrole nitrogens is 1. The number of aliphatic hydroxyl groups is 3. The van der Waals surface area contributed by atoms with Crippen LogP contribution in [0.25, 0.3) is 10.9 Å². The van der Waals surface area contributed by atoms with Crippen LogP contribution in [-0.4, -0.2) is 139 Å². The predicted octanol–water partition coefficient (Wildman–Crippen LogP) is 8.95. The first-order chi connectivity index (χ1) is 34.8. The monoisotopic (exact) mass is 1050 g/mol. The van der Waals surface area contributed by atoms with Gasteiger partial charge < -0.3 is 53.3 Å². The zero-order valence-electron chi connectivity index (χ0n) is 46.7. The average molecular weight is 1050 g/mol. The van der Waals surface area contributed by atoms with E-state index in [0.717, 1.165) is 28.6 Å². The SMILES string of the molecule is CCC1/C=C(\C)CC(C)CC(OC)C2OC(O)(C(=O)C(=O)N3CCCCC3C(=O)OC(C(C)=CC3CCC(Oc4ccc5[nH]c(CCO[Si](C)(C)C(C)(C)C)cc5c4)C(O)C3)C(C)C(O)CC1=O)C(C)CC2OC. The molecule has 1 aromatic carbocycles. The molecular weight excluding hydrogens is 961 g/mol. The zero-order chi connectivity index (χ0) is 54.4. The Morgan fingerprint density at radius 3 is 2.30 bits per heavy atom.